The monoisotopic (exact) mass is 246 g/mol. The molecule has 1 aromatic rings. The van der Waals surface area contributed by atoms with Crippen molar-refractivity contribution in [3.8, 4) is 0 Å². The molecule has 0 heterocycles. The minimum atomic E-state index is -0.625. The van der Waals surface area contributed by atoms with Crippen molar-refractivity contribution >= 4 is 22.0 Å². The van der Waals surface area contributed by atoms with Crippen LogP contribution in [0, 0.1) is 5.82 Å². The number of urea groups is 1. The quantitative estimate of drug-likeness (QED) is 0.821. The van der Waals surface area contributed by atoms with Crippen molar-refractivity contribution in [2.24, 2.45) is 5.73 Å². The molecule has 3 nitrogen and oxygen atoms in total. The molecule has 3 N–H and O–H groups in total. The zero-order chi connectivity index (χ0) is 9.84. The van der Waals surface area contributed by atoms with Gasteiger partial charge < -0.3 is 11.1 Å². The zero-order valence-electron chi connectivity index (χ0n) is 6.68. The van der Waals surface area contributed by atoms with Crippen LogP contribution in [0.1, 0.15) is 5.56 Å². The van der Waals surface area contributed by atoms with Crippen LogP contribution in [-0.2, 0) is 6.54 Å². The molecule has 0 saturated carbocycles. The Balaban J connectivity index is 2.71. The third kappa shape index (κ3) is 3.42. The van der Waals surface area contributed by atoms with Crippen molar-refractivity contribution in [2.75, 3.05) is 0 Å². The summed E-state index contributed by atoms with van der Waals surface area (Å²) >= 11 is 3.14. The van der Waals surface area contributed by atoms with Gasteiger partial charge in [0.25, 0.3) is 0 Å². The first-order valence-corrected chi connectivity index (χ1v) is 4.35. The van der Waals surface area contributed by atoms with Gasteiger partial charge in [-0.25, -0.2) is 9.18 Å². The smallest absolute Gasteiger partial charge is 0.312 e. The number of primary amides is 1. The normalized spacial score (nSPS) is 9.69. The first-order chi connectivity index (χ1) is 6.08. The van der Waals surface area contributed by atoms with E-state index in [1.165, 1.54) is 12.1 Å². The summed E-state index contributed by atoms with van der Waals surface area (Å²) in [5, 5.41) is 2.37. The molecule has 13 heavy (non-hydrogen) atoms. The van der Waals surface area contributed by atoms with E-state index in [4.69, 9.17) is 5.73 Å². The van der Waals surface area contributed by atoms with Gasteiger partial charge in [-0.05, 0) is 23.8 Å². The molecular weight excluding hydrogens is 239 g/mol. The van der Waals surface area contributed by atoms with Gasteiger partial charge in [-0.15, -0.1) is 0 Å². The first kappa shape index (κ1) is 9.98. The van der Waals surface area contributed by atoms with E-state index in [0.29, 0.717) is 10.0 Å². The molecule has 0 radical (unpaired) electrons. The minimum absolute atomic E-state index is 0.228. The summed E-state index contributed by atoms with van der Waals surface area (Å²) in [5.74, 6) is -0.351. The maximum atomic E-state index is 12.8. The van der Waals surface area contributed by atoms with Crippen molar-refractivity contribution in [3.63, 3.8) is 0 Å². The average Bonchev–Trinajstić information content (AvgIpc) is 1.99. The number of carbonyl (C=O) groups excluding carboxylic acids is 1. The van der Waals surface area contributed by atoms with Crippen LogP contribution in [0.4, 0.5) is 9.18 Å². The maximum Gasteiger partial charge on any atom is 0.312 e. The Hall–Kier alpha value is -1.10. The molecule has 5 heteroatoms. The van der Waals surface area contributed by atoms with E-state index in [9.17, 15) is 9.18 Å². The molecule has 0 aliphatic rings. The lowest BCUT2D eigenvalue weighted by atomic mass is 10.2. The Morgan fingerprint density at radius 3 is 2.77 bits per heavy atom. The van der Waals surface area contributed by atoms with Gasteiger partial charge in [0.05, 0.1) is 0 Å². The van der Waals surface area contributed by atoms with E-state index >= 15 is 0 Å². The third-order valence-electron chi connectivity index (χ3n) is 1.39. The molecule has 0 aromatic heterocycles. The van der Waals surface area contributed by atoms with E-state index in [1.807, 2.05) is 0 Å². The molecule has 0 fully saturated rings. The summed E-state index contributed by atoms with van der Waals surface area (Å²) in [7, 11) is 0. The van der Waals surface area contributed by atoms with Crippen molar-refractivity contribution in [1.29, 1.82) is 0 Å². The minimum Gasteiger partial charge on any atom is -0.352 e. The Morgan fingerprint density at radius 1 is 1.54 bits per heavy atom. The number of benzene rings is 1. The van der Waals surface area contributed by atoms with Crippen LogP contribution in [0.25, 0.3) is 0 Å². The van der Waals surface area contributed by atoms with Crippen molar-refractivity contribution in [3.05, 3.63) is 34.1 Å². The highest BCUT2D eigenvalue weighted by atomic mass is 79.9. The van der Waals surface area contributed by atoms with Crippen LogP contribution in [0.5, 0.6) is 0 Å². The molecular formula is C8H8BrFN2O. The fraction of sp³-hybridized carbons (Fsp3) is 0.125. The van der Waals surface area contributed by atoms with Crippen molar-refractivity contribution < 1.29 is 9.18 Å². The molecule has 0 unspecified atom stereocenters. The van der Waals surface area contributed by atoms with Gasteiger partial charge in [0.15, 0.2) is 0 Å². The van der Waals surface area contributed by atoms with Crippen LogP contribution in [0.2, 0.25) is 0 Å². The average molecular weight is 247 g/mol. The van der Waals surface area contributed by atoms with Gasteiger partial charge in [-0.1, -0.05) is 15.9 Å². The fourth-order valence-corrected chi connectivity index (χ4v) is 1.41. The maximum absolute atomic E-state index is 12.8. The third-order valence-corrected chi connectivity index (χ3v) is 1.85. The molecule has 0 aliphatic carbocycles. The highest BCUT2D eigenvalue weighted by molar-refractivity contribution is 9.10. The summed E-state index contributed by atoms with van der Waals surface area (Å²) < 4.78 is 13.4. The summed E-state index contributed by atoms with van der Waals surface area (Å²) in [6.45, 7) is 0.228. The lowest BCUT2D eigenvalue weighted by molar-refractivity contribution is 0.248. The number of nitrogens with one attached hydrogen (secondary N) is 1. The lowest BCUT2D eigenvalue weighted by Crippen LogP contribution is -2.28. The van der Waals surface area contributed by atoms with E-state index in [2.05, 4.69) is 21.2 Å². The van der Waals surface area contributed by atoms with Gasteiger partial charge in [-0.2, -0.15) is 0 Å². The lowest BCUT2D eigenvalue weighted by Gasteiger charge is -2.02. The standard InChI is InChI=1S/C8H8BrFN2O/c9-6-1-5(2-7(10)3-6)4-12-8(11)13/h1-3H,4H2,(H3,11,12,13). The topological polar surface area (TPSA) is 55.1 Å². The fourth-order valence-electron chi connectivity index (χ4n) is 0.902. The first-order valence-electron chi connectivity index (χ1n) is 3.56. The summed E-state index contributed by atoms with van der Waals surface area (Å²) in [6, 6.07) is 3.76. The van der Waals surface area contributed by atoms with Gasteiger partial charge in [0, 0.05) is 11.0 Å². The second-order valence-corrected chi connectivity index (χ2v) is 3.41. The van der Waals surface area contributed by atoms with Crippen molar-refractivity contribution in [1.82, 2.24) is 5.32 Å². The number of hydrogen-bond donors (Lipinski definition) is 2. The molecule has 70 valence electrons. The van der Waals surface area contributed by atoms with Gasteiger partial charge in [0.2, 0.25) is 0 Å². The Kier molecular flexibility index (Phi) is 3.25. The molecule has 0 spiro atoms. The summed E-state index contributed by atoms with van der Waals surface area (Å²) in [5.41, 5.74) is 5.52. The van der Waals surface area contributed by atoms with Crippen LogP contribution in [-0.4, -0.2) is 6.03 Å². The van der Waals surface area contributed by atoms with E-state index in [-0.39, 0.29) is 12.4 Å². The summed E-state index contributed by atoms with van der Waals surface area (Å²) in [4.78, 5) is 10.3. The van der Waals surface area contributed by atoms with Crippen molar-refractivity contribution in [2.45, 2.75) is 6.54 Å². The number of carbonyl (C=O) groups is 1. The van der Waals surface area contributed by atoms with E-state index in [1.54, 1.807) is 6.07 Å². The second kappa shape index (κ2) is 4.23. The molecule has 0 aliphatic heterocycles. The zero-order valence-corrected chi connectivity index (χ0v) is 8.27. The second-order valence-electron chi connectivity index (χ2n) is 2.50. The summed E-state index contributed by atoms with van der Waals surface area (Å²) in [6.07, 6.45) is 0. The van der Waals surface area contributed by atoms with Crippen LogP contribution >= 0.6 is 15.9 Å². The number of nitrogens with two attached hydrogens (primary N) is 1. The van der Waals surface area contributed by atoms with Crippen LogP contribution in [0.15, 0.2) is 22.7 Å². The van der Waals surface area contributed by atoms with Gasteiger partial charge in [-0.3, -0.25) is 0 Å². The van der Waals surface area contributed by atoms with Crippen LogP contribution in [0.3, 0.4) is 0 Å². The number of halogens is 2. The molecule has 2 amide bonds. The Morgan fingerprint density at radius 2 is 2.23 bits per heavy atom. The molecule has 1 rings (SSSR count). The molecule has 0 bridgehead atoms. The molecule has 0 atom stereocenters. The largest absolute Gasteiger partial charge is 0.352 e. The molecule has 0 saturated heterocycles. The SMILES string of the molecule is NC(=O)NCc1cc(F)cc(Br)c1. The predicted molar refractivity (Wildman–Crippen MR) is 50.5 cm³/mol. The Labute approximate surface area is 83.2 Å². The highest BCUT2D eigenvalue weighted by Crippen LogP contribution is 2.14. The van der Waals surface area contributed by atoms with E-state index < -0.39 is 6.03 Å². The number of hydrogen-bond acceptors (Lipinski definition) is 1. The number of rotatable bonds is 2. The molecule has 1 aromatic carbocycles. The highest BCUT2D eigenvalue weighted by Gasteiger charge is 1.99. The van der Waals surface area contributed by atoms with E-state index in [0.717, 1.165) is 0 Å². The van der Waals surface area contributed by atoms with Crippen LogP contribution < -0.4 is 11.1 Å². The van der Waals surface area contributed by atoms with Gasteiger partial charge >= 0.3 is 6.03 Å². The Bertz CT molecular complexity index is 310. The number of amides is 2. The van der Waals surface area contributed by atoms with Gasteiger partial charge in [0.1, 0.15) is 5.82 Å². The predicted octanol–water partition coefficient (Wildman–Crippen LogP) is 1.76.